The monoisotopic (exact) mass is 332 g/mol. The Morgan fingerprint density at radius 1 is 1.21 bits per heavy atom. The van der Waals surface area contributed by atoms with Gasteiger partial charge in [-0.3, -0.25) is 9.59 Å². The van der Waals surface area contributed by atoms with Crippen LogP contribution in [0.2, 0.25) is 0 Å². The number of carbonyl (C=O) groups excluding carboxylic acids is 2. The van der Waals surface area contributed by atoms with Crippen molar-refractivity contribution in [2.75, 3.05) is 0 Å². The average Bonchev–Trinajstić information content (AvgIpc) is 2.52. The number of carbonyl (C=O) groups is 2. The average molecular weight is 332 g/mol. The molecule has 0 aromatic rings. The van der Waals surface area contributed by atoms with Crippen molar-refractivity contribution in [2.45, 2.75) is 72.6 Å². The first-order valence-electron chi connectivity index (χ1n) is 9.59. The van der Waals surface area contributed by atoms with Crippen LogP contribution in [0.5, 0.6) is 0 Å². The molecule has 2 aliphatic rings. The molecule has 2 aliphatic carbocycles. The molecule has 0 spiro atoms. The van der Waals surface area contributed by atoms with E-state index in [4.69, 9.17) is 0 Å². The molecule has 0 radical (unpaired) electrons. The molecule has 24 heavy (non-hydrogen) atoms. The molecule has 3 atom stereocenters. The zero-order valence-electron chi connectivity index (χ0n) is 15.6. The Labute approximate surface area is 146 Å². The molecular formula is C21H32O3. The Balaban J connectivity index is 2.26. The molecule has 3 nitrogen and oxygen atoms in total. The zero-order valence-corrected chi connectivity index (χ0v) is 15.6. The summed E-state index contributed by atoms with van der Waals surface area (Å²) in [5.41, 5.74) is 0.879. The molecule has 0 aromatic carbocycles. The highest BCUT2D eigenvalue weighted by atomic mass is 16.3. The van der Waals surface area contributed by atoms with E-state index in [1.807, 2.05) is 0 Å². The Kier molecular flexibility index (Phi) is 6.42. The second-order valence-corrected chi connectivity index (χ2v) is 8.01. The van der Waals surface area contributed by atoms with Gasteiger partial charge in [-0.25, -0.2) is 0 Å². The van der Waals surface area contributed by atoms with Crippen LogP contribution in [0.25, 0.3) is 0 Å². The van der Waals surface area contributed by atoms with Gasteiger partial charge >= 0.3 is 0 Å². The maximum atomic E-state index is 12.7. The molecule has 0 saturated heterocycles. The highest BCUT2D eigenvalue weighted by Crippen LogP contribution is 2.44. The maximum absolute atomic E-state index is 12.7. The fraction of sp³-hybridized carbons (Fsp3) is 0.714. The number of aliphatic hydroxyl groups is 1. The number of ketones is 2. The van der Waals surface area contributed by atoms with E-state index in [0.717, 1.165) is 38.5 Å². The maximum Gasteiger partial charge on any atom is 0.223 e. The lowest BCUT2D eigenvalue weighted by Gasteiger charge is -2.39. The Morgan fingerprint density at radius 2 is 1.92 bits per heavy atom. The van der Waals surface area contributed by atoms with Gasteiger partial charge in [0.1, 0.15) is 0 Å². The molecule has 0 heterocycles. The number of unbranched alkanes of at least 4 members (excludes halogenated alkanes) is 2. The van der Waals surface area contributed by atoms with Crippen LogP contribution >= 0.6 is 0 Å². The van der Waals surface area contributed by atoms with Crippen LogP contribution in [0.3, 0.4) is 0 Å². The topological polar surface area (TPSA) is 54.4 Å². The first-order chi connectivity index (χ1) is 11.4. The van der Waals surface area contributed by atoms with Gasteiger partial charge < -0.3 is 5.11 Å². The lowest BCUT2D eigenvalue weighted by atomic mass is 9.65. The summed E-state index contributed by atoms with van der Waals surface area (Å²) in [6.45, 7) is 8.65. The molecule has 1 saturated carbocycles. The second-order valence-electron chi connectivity index (χ2n) is 8.01. The van der Waals surface area contributed by atoms with Gasteiger partial charge in [-0.15, -0.1) is 0 Å². The molecule has 1 fully saturated rings. The largest absolute Gasteiger partial charge is 0.504 e. The standard InChI is InChI=1S/C21H32O3/c1-5-6-7-8-15-12-18(22)19(21(24)20(15)23)17-11-14(4)9-10-16(17)13(2)3/h12-14,16-17,24H,5-11H2,1-4H3/t14?,16-,17+/m0/s1. The number of Topliss-reactive ketones (excluding diaryl/α,β-unsaturated/α-hetero) is 1. The van der Waals surface area contributed by atoms with Crippen molar-refractivity contribution < 1.29 is 14.7 Å². The predicted molar refractivity (Wildman–Crippen MR) is 96.7 cm³/mol. The molecule has 2 rings (SSSR count). The second kappa shape index (κ2) is 8.13. The van der Waals surface area contributed by atoms with Crippen LogP contribution in [-0.4, -0.2) is 16.7 Å². The van der Waals surface area contributed by atoms with Gasteiger partial charge in [-0.2, -0.15) is 0 Å². The SMILES string of the molecule is CCCCCC1=CC(=O)C([C@@H]2CC(C)CC[C@H]2C(C)C)=C(O)C1=O. The highest BCUT2D eigenvalue weighted by Gasteiger charge is 2.40. The van der Waals surface area contributed by atoms with E-state index in [9.17, 15) is 14.7 Å². The van der Waals surface area contributed by atoms with Crippen LogP contribution in [0.4, 0.5) is 0 Å². The molecule has 3 heteroatoms. The van der Waals surface area contributed by atoms with Gasteiger partial charge in [0.25, 0.3) is 0 Å². The quantitative estimate of drug-likeness (QED) is 0.539. The molecule has 0 bridgehead atoms. The number of hydrogen-bond acceptors (Lipinski definition) is 3. The summed E-state index contributed by atoms with van der Waals surface area (Å²) in [6.07, 6.45) is 8.19. The van der Waals surface area contributed by atoms with Gasteiger partial charge in [-0.05, 0) is 55.4 Å². The van der Waals surface area contributed by atoms with Crippen LogP contribution in [0, 0.1) is 23.7 Å². The summed E-state index contributed by atoms with van der Waals surface area (Å²) >= 11 is 0. The summed E-state index contributed by atoms with van der Waals surface area (Å²) in [6, 6.07) is 0. The van der Waals surface area contributed by atoms with E-state index in [-0.39, 0.29) is 23.2 Å². The van der Waals surface area contributed by atoms with E-state index >= 15 is 0 Å². The van der Waals surface area contributed by atoms with Crippen molar-refractivity contribution in [2.24, 2.45) is 23.7 Å². The van der Waals surface area contributed by atoms with Gasteiger partial charge in [-0.1, -0.05) is 47.0 Å². The van der Waals surface area contributed by atoms with Gasteiger partial charge in [0.2, 0.25) is 5.78 Å². The van der Waals surface area contributed by atoms with Crippen molar-refractivity contribution in [3.8, 4) is 0 Å². The number of allylic oxidation sites excluding steroid dienone is 3. The first kappa shape index (κ1) is 19.0. The van der Waals surface area contributed by atoms with E-state index in [2.05, 4.69) is 27.7 Å². The minimum atomic E-state index is -0.318. The van der Waals surface area contributed by atoms with Crippen molar-refractivity contribution >= 4 is 11.6 Å². The third kappa shape index (κ3) is 3.99. The smallest absolute Gasteiger partial charge is 0.223 e. The zero-order chi connectivity index (χ0) is 17.9. The summed E-state index contributed by atoms with van der Waals surface area (Å²) in [5.74, 6) is 0.635. The summed E-state index contributed by atoms with van der Waals surface area (Å²) in [4.78, 5) is 25.3. The Morgan fingerprint density at radius 3 is 2.54 bits per heavy atom. The van der Waals surface area contributed by atoms with Crippen LogP contribution < -0.4 is 0 Å². The fourth-order valence-corrected chi connectivity index (χ4v) is 4.34. The predicted octanol–water partition coefficient (Wildman–Crippen LogP) is 5.17. The lowest BCUT2D eigenvalue weighted by molar-refractivity contribution is -0.118. The van der Waals surface area contributed by atoms with E-state index in [1.54, 1.807) is 0 Å². The summed E-state index contributed by atoms with van der Waals surface area (Å²) in [5, 5.41) is 10.5. The Hall–Kier alpha value is -1.38. The normalized spacial score (nSPS) is 28.5. The minimum Gasteiger partial charge on any atom is -0.504 e. The molecule has 0 aromatic heterocycles. The van der Waals surface area contributed by atoms with E-state index in [1.165, 1.54) is 6.08 Å². The minimum absolute atomic E-state index is 0.0126. The number of rotatable bonds is 6. The molecule has 0 amide bonds. The third-order valence-corrected chi connectivity index (χ3v) is 5.78. The number of hydrogen-bond donors (Lipinski definition) is 1. The van der Waals surface area contributed by atoms with Crippen LogP contribution in [0.15, 0.2) is 23.0 Å². The third-order valence-electron chi connectivity index (χ3n) is 5.78. The van der Waals surface area contributed by atoms with E-state index in [0.29, 0.717) is 35.3 Å². The molecular weight excluding hydrogens is 300 g/mol. The van der Waals surface area contributed by atoms with Crippen molar-refractivity contribution in [1.29, 1.82) is 0 Å². The summed E-state index contributed by atoms with van der Waals surface area (Å²) < 4.78 is 0. The first-order valence-corrected chi connectivity index (χ1v) is 9.59. The Bertz CT molecular complexity index is 553. The molecule has 1 N–H and O–H groups in total. The lowest BCUT2D eigenvalue weighted by Crippen LogP contribution is -2.34. The highest BCUT2D eigenvalue weighted by molar-refractivity contribution is 6.21. The van der Waals surface area contributed by atoms with Crippen molar-refractivity contribution in [1.82, 2.24) is 0 Å². The van der Waals surface area contributed by atoms with E-state index < -0.39 is 0 Å². The molecule has 0 aliphatic heterocycles. The molecule has 134 valence electrons. The van der Waals surface area contributed by atoms with Crippen molar-refractivity contribution in [3.05, 3.63) is 23.0 Å². The van der Waals surface area contributed by atoms with Crippen LogP contribution in [0.1, 0.15) is 72.6 Å². The summed E-state index contributed by atoms with van der Waals surface area (Å²) in [7, 11) is 0. The molecule has 1 unspecified atom stereocenters. The van der Waals surface area contributed by atoms with Gasteiger partial charge in [0, 0.05) is 11.1 Å². The fourth-order valence-electron chi connectivity index (χ4n) is 4.34. The van der Waals surface area contributed by atoms with Crippen LogP contribution in [-0.2, 0) is 9.59 Å². The van der Waals surface area contributed by atoms with Crippen molar-refractivity contribution in [3.63, 3.8) is 0 Å². The van der Waals surface area contributed by atoms with Gasteiger partial charge in [0.05, 0.1) is 0 Å². The van der Waals surface area contributed by atoms with Gasteiger partial charge in [0.15, 0.2) is 11.5 Å². The number of aliphatic hydroxyl groups excluding tert-OH is 1.